The largest absolute Gasteiger partial charge is 0.397 e. The number of hydrogen-bond donors (Lipinski definition) is 2. The lowest BCUT2D eigenvalue weighted by Crippen LogP contribution is -2.49. The summed E-state index contributed by atoms with van der Waals surface area (Å²) >= 11 is 1.80. The molecular formula is C30H38N8S. The third kappa shape index (κ3) is 4.92. The van der Waals surface area contributed by atoms with Crippen LogP contribution in [0.3, 0.4) is 0 Å². The number of pyridine rings is 1. The van der Waals surface area contributed by atoms with Gasteiger partial charge >= 0.3 is 0 Å². The number of hydrogen-bond acceptors (Lipinski definition) is 8. The lowest BCUT2D eigenvalue weighted by atomic mass is 9.89. The normalized spacial score (nSPS) is 22.7. The molecule has 3 N–H and O–H groups in total. The van der Waals surface area contributed by atoms with Crippen molar-refractivity contribution in [2.24, 2.45) is 0 Å². The number of thiazole rings is 1. The Morgan fingerprint density at radius 2 is 1.67 bits per heavy atom. The number of aryl methyl sites for hydroxylation is 2. The molecule has 2 aliphatic carbocycles. The Hall–Kier alpha value is -3.01. The predicted octanol–water partition coefficient (Wildman–Crippen LogP) is 5.49. The number of nitrogens with two attached hydrogens (primary N) is 1. The van der Waals surface area contributed by atoms with Crippen LogP contribution in [0.5, 0.6) is 0 Å². The fourth-order valence-corrected chi connectivity index (χ4v) is 7.75. The summed E-state index contributed by atoms with van der Waals surface area (Å²) in [5, 5.41) is 10.7. The molecule has 3 aromatic heterocycles. The Morgan fingerprint density at radius 3 is 2.44 bits per heavy atom. The molecule has 8 nitrogen and oxygen atoms in total. The number of nitrogen functional groups attached to an aromatic ring is 1. The van der Waals surface area contributed by atoms with Gasteiger partial charge in [-0.1, -0.05) is 12.1 Å². The maximum atomic E-state index is 6.50. The average Bonchev–Trinajstić information content (AvgIpc) is 3.56. The number of anilines is 3. The van der Waals surface area contributed by atoms with Crippen molar-refractivity contribution in [1.29, 1.82) is 0 Å². The van der Waals surface area contributed by atoms with Crippen LogP contribution in [0, 0.1) is 0 Å². The maximum Gasteiger partial charge on any atom is 0.187 e. The van der Waals surface area contributed by atoms with Crippen molar-refractivity contribution in [3.63, 3.8) is 0 Å². The quantitative estimate of drug-likeness (QED) is 0.345. The lowest BCUT2D eigenvalue weighted by Gasteiger charge is -2.41. The second kappa shape index (κ2) is 10.5. The van der Waals surface area contributed by atoms with Crippen LogP contribution < -0.4 is 11.1 Å². The number of fused-ring (bicyclic) bond motifs is 2. The lowest BCUT2D eigenvalue weighted by molar-refractivity contribution is 0.0816. The van der Waals surface area contributed by atoms with E-state index in [1.807, 2.05) is 6.20 Å². The van der Waals surface area contributed by atoms with E-state index in [4.69, 9.17) is 15.8 Å². The van der Waals surface area contributed by atoms with Crippen LogP contribution >= 0.6 is 11.3 Å². The molecule has 4 aromatic rings. The first-order chi connectivity index (χ1) is 19.1. The van der Waals surface area contributed by atoms with E-state index in [1.54, 1.807) is 17.5 Å². The standard InChI is InChI=1S/C30H38N8S/c1-36-14-16-37(17-15-36)22-10-12-23(13-11-22)38-26-19-32-18-24(31)28(26)29(35-38)20-6-8-21(9-7-20)33-30-34-25-4-2-3-5-27(25)39-30/h6-9,18-19,22-23H,2-5,10-17,31H2,1H3,(H,33,34). The predicted molar refractivity (Wildman–Crippen MR) is 160 cm³/mol. The van der Waals surface area contributed by atoms with Crippen molar-refractivity contribution in [3.05, 3.63) is 47.2 Å². The molecule has 9 heteroatoms. The summed E-state index contributed by atoms with van der Waals surface area (Å²) in [6.45, 7) is 4.74. The Balaban J connectivity index is 1.11. The number of nitrogens with zero attached hydrogens (tertiary/aromatic N) is 6. The molecule has 204 valence electrons. The smallest absolute Gasteiger partial charge is 0.187 e. The average molecular weight is 543 g/mol. The number of aromatic nitrogens is 4. The highest BCUT2D eigenvalue weighted by atomic mass is 32.1. The van der Waals surface area contributed by atoms with Gasteiger partial charge in [0.05, 0.1) is 40.7 Å². The zero-order valence-corrected chi connectivity index (χ0v) is 23.6. The van der Waals surface area contributed by atoms with Gasteiger partial charge in [0, 0.05) is 48.3 Å². The molecule has 0 bridgehead atoms. The van der Waals surface area contributed by atoms with Gasteiger partial charge in [0.15, 0.2) is 5.13 Å². The molecule has 39 heavy (non-hydrogen) atoms. The molecule has 0 unspecified atom stereocenters. The molecule has 0 atom stereocenters. The fourth-order valence-electron chi connectivity index (χ4n) is 6.68. The number of piperazine rings is 1. The highest BCUT2D eigenvalue weighted by molar-refractivity contribution is 7.15. The summed E-state index contributed by atoms with van der Waals surface area (Å²) in [7, 11) is 2.23. The van der Waals surface area contributed by atoms with Gasteiger partial charge in [-0.05, 0) is 70.5 Å². The maximum absolute atomic E-state index is 6.50. The third-order valence-corrected chi connectivity index (χ3v) is 10.0. The topological polar surface area (TPSA) is 88.1 Å². The van der Waals surface area contributed by atoms with Crippen molar-refractivity contribution < 1.29 is 0 Å². The van der Waals surface area contributed by atoms with Crippen LogP contribution in [0.15, 0.2) is 36.7 Å². The first-order valence-corrected chi connectivity index (χ1v) is 15.3. The summed E-state index contributed by atoms with van der Waals surface area (Å²) in [4.78, 5) is 15.9. The molecule has 0 radical (unpaired) electrons. The van der Waals surface area contributed by atoms with Crippen LogP contribution in [0.2, 0.25) is 0 Å². The number of rotatable bonds is 5. The Labute approximate surface area is 234 Å². The molecule has 1 saturated carbocycles. The van der Waals surface area contributed by atoms with Crippen molar-refractivity contribution in [3.8, 4) is 11.3 Å². The van der Waals surface area contributed by atoms with Crippen LogP contribution in [-0.4, -0.2) is 68.8 Å². The molecule has 4 heterocycles. The van der Waals surface area contributed by atoms with Gasteiger partial charge in [-0.2, -0.15) is 5.10 Å². The SMILES string of the molecule is CN1CCN(C2CCC(n3nc(-c4ccc(Nc5nc6c(s5)CCCC6)cc4)c4c(N)cncc43)CC2)CC1. The van der Waals surface area contributed by atoms with E-state index in [2.05, 4.69) is 56.1 Å². The van der Waals surface area contributed by atoms with Crippen molar-refractivity contribution in [2.75, 3.05) is 44.3 Å². The highest BCUT2D eigenvalue weighted by Gasteiger charge is 2.30. The summed E-state index contributed by atoms with van der Waals surface area (Å²) < 4.78 is 2.22. The van der Waals surface area contributed by atoms with E-state index in [9.17, 15) is 0 Å². The number of nitrogens with one attached hydrogen (secondary N) is 1. The number of benzene rings is 1. The minimum Gasteiger partial charge on any atom is -0.397 e. The minimum atomic E-state index is 0.380. The van der Waals surface area contributed by atoms with Crippen molar-refractivity contribution >= 4 is 38.7 Å². The van der Waals surface area contributed by atoms with Crippen LogP contribution in [0.1, 0.15) is 55.1 Å². The Kier molecular flexibility index (Phi) is 6.74. The van der Waals surface area contributed by atoms with E-state index >= 15 is 0 Å². The zero-order valence-electron chi connectivity index (χ0n) is 22.8. The monoisotopic (exact) mass is 542 g/mol. The first kappa shape index (κ1) is 25.0. The van der Waals surface area contributed by atoms with Gasteiger partial charge in [-0.25, -0.2) is 4.98 Å². The minimum absolute atomic E-state index is 0.380. The van der Waals surface area contributed by atoms with Crippen LogP contribution in [0.4, 0.5) is 16.5 Å². The van der Waals surface area contributed by atoms with Gasteiger partial charge in [-0.3, -0.25) is 14.6 Å². The summed E-state index contributed by atoms with van der Waals surface area (Å²) in [6.07, 6.45) is 13.2. The molecule has 0 spiro atoms. The molecule has 1 aliphatic heterocycles. The second-order valence-corrected chi connectivity index (χ2v) is 12.6. The second-order valence-electron chi connectivity index (χ2n) is 11.5. The van der Waals surface area contributed by atoms with Crippen LogP contribution in [0.25, 0.3) is 22.2 Å². The van der Waals surface area contributed by atoms with Gasteiger partial charge in [0.25, 0.3) is 0 Å². The molecule has 0 amide bonds. The molecule has 7 rings (SSSR count). The fraction of sp³-hybridized carbons (Fsp3) is 0.500. The molecular weight excluding hydrogens is 504 g/mol. The van der Waals surface area contributed by atoms with E-state index in [-0.39, 0.29) is 0 Å². The van der Waals surface area contributed by atoms with Gasteiger partial charge in [-0.15, -0.1) is 11.3 Å². The highest BCUT2D eigenvalue weighted by Crippen LogP contribution is 2.38. The molecule has 3 aliphatic rings. The molecule has 1 aromatic carbocycles. The van der Waals surface area contributed by atoms with Crippen LogP contribution in [-0.2, 0) is 12.8 Å². The van der Waals surface area contributed by atoms with Gasteiger partial charge < -0.3 is 16.0 Å². The third-order valence-electron chi connectivity index (χ3n) is 8.97. The van der Waals surface area contributed by atoms with E-state index in [0.29, 0.717) is 17.8 Å². The molecule has 2 fully saturated rings. The van der Waals surface area contributed by atoms with E-state index in [0.717, 1.165) is 58.7 Å². The van der Waals surface area contributed by atoms with Gasteiger partial charge in [0.1, 0.15) is 5.69 Å². The van der Waals surface area contributed by atoms with Gasteiger partial charge in [0.2, 0.25) is 0 Å². The van der Waals surface area contributed by atoms with Crippen molar-refractivity contribution in [1.82, 2.24) is 29.5 Å². The van der Waals surface area contributed by atoms with E-state index < -0.39 is 0 Å². The summed E-state index contributed by atoms with van der Waals surface area (Å²) in [6, 6.07) is 9.62. The summed E-state index contributed by atoms with van der Waals surface area (Å²) in [5.74, 6) is 0. The van der Waals surface area contributed by atoms with Crippen molar-refractivity contribution in [2.45, 2.75) is 63.5 Å². The Morgan fingerprint density at radius 1 is 0.923 bits per heavy atom. The first-order valence-electron chi connectivity index (χ1n) is 14.5. The molecule has 1 saturated heterocycles. The number of likely N-dealkylation sites (N-methyl/N-ethyl adjacent to an activating group) is 1. The zero-order chi connectivity index (χ0) is 26.3. The van der Waals surface area contributed by atoms with E-state index in [1.165, 1.54) is 62.4 Å². The Bertz CT molecular complexity index is 1420. The summed E-state index contributed by atoms with van der Waals surface area (Å²) in [5.41, 5.74) is 12.6.